The molecular formula is C68H45NO. The fourth-order valence-electron chi connectivity index (χ4n) is 10.7. The predicted octanol–water partition coefficient (Wildman–Crippen LogP) is 19.4. The fourth-order valence-corrected chi connectivity index (χ4v) is 10.7. The van der Waals surface area contributed by atoms with Crippen LogP contribution in [0.5, 0.6) is 0 Å². The average molecular weight is 892 g/mol. The summed E-state index contributed by atoms with van der Waals surface area (Å²) in [6.07, 6.45) is 0. The van der Waals surface area contributed by atoms with Crippen LogP contribution in [0, 0.1) is 0 Å². The molecule has 13 rings (SSSR count). The third kappa shape index (κ3) is 7.13. The third-order valence-corrected chi connectivity index (χ3v) is 13.9. The highest BCUT2D eigenvalue weighted by atomic mass is 16.3. The first-order chi connectivity index (χ1) is 34.7. The Hall–Kier alpha value is -9.24. The van der Waals surface area contributed by atoms with Crippen molar-refractivity contribution in [2.75, 3.05) is 4.90 Å². The second-order valence-electron chi connectivity index (χ2n) is 17.9. The van der Waals surface area contributed by atoms with Crippen LogP contribution in [0.15, 0.2) is 277 Å². The Bertz CT molecular complexity index is 4000. The first-order valence-electron chi connectivity index (χ1n) is 24.0. The van der Waals surface area contributed by atoms with Crippen molar-refractivity contribution in [3.05, 3.63) is 273 Å². The number of rotatable bonds is 9. The lowest BCUT2D eigenvalue weighted by atomic mass is 9.78. The number of nitrogens with zero attached hydrogens (tertiary/aromatic N) is 1. The van der Waals surface area contributed by atoms with Crippen LogP contribution in [0.4, 0.5) is 17.1 Å². The molecule has 0 fully saturated rings. The molecule has 12 aromatic carbocycles. The van der Waals surface area contributed by atoms with E-state index >= 15 is 0 Å². The van der Waals surface area contributed by atoms with E-state index in [2.05, 4.69) is 272 Å². The zero-order chi connectivity index (χ0) is 46.4. The minimum Gasteiger partial charge on any atom is -0.454 e. The van der Waals surface area contributed by atoms with Gasteiger partial charge < -0.3 is 9.32 Å². The van der Waals surface area contributed by atoms with E-state index in [1.54, 1.807) is 0 Å². The molecule has 0 aliphatic heterocycles. The number of para-hydroxylation sites is 2. The SMILES string of the molecule is c1ccc(-c2c(-c3ccccc3)c(-c3ccccc3)c3cc(-c4ccc(N(c5ccc(-c6cccc7ccccc67)cc5)c5cccc6c5oc5ccccc56)cc4)ccc3c2-c2ccccc2)cc1. The molecule has 1 aromatic heterocycles. The van der Waals surface area contributed by atoms with E-state index in [1.807, 2.05) is 6.07 Å². The number of hydrogen-bond donors (Lipinski definition) is 0. The summed E-state index contributed by atoms with van der Waals surface area (Å²) in [5.74, 6) is 0. The molecule has 2 heteroatoms. The monoisotopic (exact) mass is 891 g/mol. The van der Waals surface area contributed by atoms with Gasteiger partial charge in [-0.15, -0.1) is 0 Å². The van der Waals surface area contributed by atoms with E-state index in [-0.39, 0.29) is 0 Å². The van der Waals surface area contributed by atoms with Gasteiger partial charge in [-0.3, -0.25) is 0 Å². The highest BCUT2D eigenvalue weighted by Crippen LogP contribution is 2.52. The molecule has 1 heterocycles. The molecule has 2 nitrogen and oxygen atoms in total. The maximum atomic E-state index is 6.71. The Morgan fingerprint density at radius 1 is 0.257 bits per heavy atom. The fraction of sp³-hybridized carbons (Fsp3) is 0. The second-order valence-corrected chi connectivity index (χ2v) is 17.9. The van der Waals surface area contributed by atoms with Gasteiger partial charge in [0.05, 0.1) is 5.69 Å². The lowest BCUT2D eigenvalue weighted by molar-refractivity contribution is 0.669. The summed E-state index contributed by atoms with van der Waals surface area (Å²) in [6, 6.07) is 98.6. The number of anilines is 3. The topological polar surface area (TPSA) is 16.4 Å². The standard InChI is InChI=1S/C68H45NO/c1-5-20-49(21-6-1)64-59-44-39-53(45-61(59)65(50-22-7-2-8-23-50)67(52-26-11-4-12-27-52)66(64)51-24-9-3-10-25-51)46-35-40-54(41-36-46)69(62-33-18-32-60-58-30-15-16-34-63(58)70-68(60)62)55-42-37-48(38-43-55)57-31-17-28-47-19-13-14-29-56(47)57/h1-45H. The number of furan rings is 1. The Kier molecular flexibility index (Phi) is 10.2. The molecule has 0 atom stereocenters. The largest absolute Gasteiger partial charge is 0.454 e. The van der Waals surface area contributed by atoms with Gasteiger partial charge in [0.25, 0.3) is 0 Å². The molecule has 0 spiro atoms. The summed E-state index contributed by atoms with van der Waals surface area (Å²) >= 11 is 0. The van der Waals surface area contributed by atoms with E-state index in [0.29, 0.717) is 0 Å². The van der Waals surface area contributed by atoms with Crippen molar-refractivity contribution in [2.45, 2.75) is 0 Å². The van der Waals surface area contributed by atoms with Crippen LogP contribution >= 0.6 is 0 Å². The van der Waals surface area contributed by atoms with Crippen LogP contribution in [0.1, 0.15) is 0 Å². The van der Waals surface area contributed by atoms with Crippen molar-refractivity contribution >= 4 is 60.5 Å². The van der Waals surface area contributed by atoms with Gasteiger partial charge in [-0.25, -0.2) is 0 Å². The van der Waals surface area contributed by atoms with Crippen LogP contribution in [0.25, 0.3) is 110 Å². The summed E-state index contributed by atoms with van der Waals surface area (Å²) < 4.78 is 6.71. The first-order valence-corrected chi connectivity index (χ1v) is 24.0. The molecule has 0 radical (unpaired) electrons. The van der Waals surface area contributed by atoms with Crippen molar-refractivity contribution in [1.82, 2.24) is 0 Å². The minimum atomic E-state index is 0.854. The number of fused-ring (bicyclic) bond motifs is 5. The van der Waals surface area contributed by atoms with Crippen LogP contribution in [0.3, 0.4) is 0 Å². The van der Waals surface area contributed by atoms with Gasteiger partial charge in [-0.05, 0) is 131 Å². The quantitative estimate of drug-likeness (QED) is 0.144. The zero-order valence-corrected chi connectivity index (χ0v) is 38.3. The highest BCUT2D eigenvalue weighted by molar-refractivity contribution is 6.19. The molecule has 0 saturated carbocycles. The summed E-state index contributed by atoms with van der Waals surface area (Å²) in [4.78, 5) is 2.33. The second kappa shape index (κ2) is 17.4. The van der Waals surface area contributed by atoms with Gasteiger partial charge in [0.15, 0.2) is 5.58 Å². The third-order valence-electron chi connectivity index (χ3n) is 13.9. The lowest BCUT2D eigenvalue weighted by Crippen LogP contribution is -2.10. The molecule has 0 aliphatic carbocycles. The number of benzene rings is 12. The smallest absolute Gasteiger partial charge is 0.159 e. The zero-order valence-electron chi connectivity index (χ0n) is 38.3. The maximum absolute atomic E-state index is 6.71. The van der Waals surface area contributed by atoms with Gasteiger partial charge in [0, 0.05) is 22.1 Å². The normalized spacial score (nSPS) is 11.4. The van der Waals surface area contributed by atoms with Crippen molar-refractivity contribution in [2.24, 2.45) is 0 Å². The van der Waals surface area contributed by atoms with Crippen molar-refractivity contribution < 1.29 is 4.42 Å². The molecular weight excluding hydrogens is 847 g/mol. The molecule has 13 aromatic rings. The van der Waals surface area contributed by atoms with Gasteiger partial charge in [0.1, 0.15) is 5.58 Å². The Labute approximate surface area is 407 Å². The van der Waals surface area contributed by atoms with Crippen LogP contribution in [-0.2, 0) is 0 Å². The average Bonchev–Trinajstić information content (AvgIpc) is 3.83. The maximum Gasteiger partial charge on any atom is 0.159 e. The van der Waals surface area contributed by atoms with E-state index in [0.717, 1.165) is 50.1 Å². The van der Waals surface area contributed by atoms with Gasteiger partial charge in [-0.1, -0.05) is 231 Å². The molecule has 0 saturated heterocycles. The van der Waals surface area contributed by atoms with Gasteiger partial charge >= 0.3 is 0 Å². The molecule has 0 amide bonds. The molecule has 0 N–H and O–H groups in total. The molecule has 70 heavy (non-hydrogen) atoms. The molecule has 0 aliphatic rings. The Morgan fingerprint density at radius 2 is 0.714 bits per heavy atom. The predicted molar refractivity (Wildman–Crippen MR) is 296 cm³/mol. The van der Waals surface area contributed by atoms with E-state index in [9.17, 15) is 0 Å². The summed E-state index contributed by atoms with van der Waals surface area (Å²) in [6.45, 7) is 0. The summed E-state index contributed by atoms with van der Waals surface area (Å²) in [5, 5.41) is 7.08. The first kappa shape index (κ1) is 41.0. The molecule has 0 unspecified atom stereocenters. The van der Waals surface area contributed by atoms with Crippen LogP contribution < -0.4 is 4.90 Å². The van der Waals surface area contributed by atoms with Crippen LogP contribution in [0.2, 0.25) is 0 Å². The van der Waals surface area contributed by atoms with E-state index < -0.39 is 0 Å². The Balaban J connectivity index is 0.998. The van der Waals surface area contributed by atoms with Gasteiger partial charge in [0.2, 0.25) is 0 Å². The van der Waals surface area contributed by atoms with Crippen molar-refractivity contribution in [3.8, 4) is 66.8 Å². The highest BCUT2D eigenvalue weighted by Gasteiger charge is 2.25. The summed E-state index contributed by atoms with van der Waals surface area (Å²) in [7, 11) is 0. The van der Waals surface area contributed by atoms with Crippen LogP contribution in [-0.4, -0.2) is 0 Å². The Morgan fingerprint density at radius 3 is 1.33 bits per heavy atom. The molecule has 0 bridgehead atoms. The van der Waals surface area contributed by atoms with Crippen molar-refractivity contribution in [3.63, 3.8) is 0 Å². The number of hydrogen-bond acceptors (Lipinski definition) is 2. The van der Waals surface area contributed by atoms with E-state index in [4.69, 9.17) is 4.42 Å². The molecule has 328 valence electrons. The van der Waals surface area contributed by atoms with Crippen molar-refractivity contribution in [1.29, 1.82) is 0 Å². The van der Waals surface area contributed by atoms with Gasteiger partial charge in [-0.2, -0.15) is 0 Å². The lowest BCUT2D eigenvalue weighted by Gasteiger charge is -2.26. The van der Waals surface area contributed by atoms with E-state index in [1.165, 1.54) is 77.2 Å². The minimum absolute atomic E-state index is 0.854. The summed E-state index contributed by atoms with van der Waals surface area (Å²) in [5.41, 5.74) is 19.1.